The number of carbonyl (C=O) groups excluding carboxylic acids is 1. The Morgan fingerprint density at radius 1 is 1.33 bits per heavy atom. The van der Waals surface area contributed by atoms with E-state index in [1.54, 1.807) is 0 Å². The van der Waals surface area contributed by atoms with Crippen LogP contribution in [0, 0.1) is 0 Å². The Labute approximate surface area is 111 Å². The standard InChI is InChI=1S/C11H20N2O4S/c1-18-8-4-2-7(3-5-8)12-11(17)13-9(6-14)10(15)16/h7-9,14H,2-6H2,1H3,(H,15,16)(H2,12,13,17)/t7?,8?,9-/m0/s1. The number of hydrogen-bond donors (Lipinski definition) is 4. The molecule has 1 fully saturated rings. The summed E-state index contributed by atoms with van der Waals surface area (Å²) in [5, 5.41) is 23.1. The van der Waals surface area contributed by atoms with Crippen molar-refractivity contribution in [2.75, 3.05) is 12.9 Å². The van der Waals surface area contributed by atoms with Crippen LogP contribution in [0.1, 0.15) is 25.7 Å². The van der Waals surface area contributed by atoms with Crippen molar-refractivity contribution in [2.45, 2.75) is 43.0 Å². The number of aliphatic hydroxyl groups is 1. The van der Waals surface area contributed by atoms with E-state index < -0.39 is 24.6 Å². The molecule has 1 atom stereocenters. The van der Waals surface area contributed by atoms with Crippen LogP contribution in [-0.4, -0.2) is 52.4 Å². The third-order valence-electron chi connectivity index (χ3n) is 3.13. The van der Waals surface area contributed by atoms with Gasteiger partial charge in [-0.15, -0.1) is 0 Å². The van der Waals surface area contributed by atoms with Crippen LogP contribution in [0.4, 0.5) is 4.79 Å². The molecule has 6 nitrogen and oxygen atoms in total. The molecule has 1 aliphatic rings. The van der Waals surface area contributed by atoms with Crippen LogP contribution in [0.15, 0.2) is 0 Å². The molecule has 0 aromatic heterocycles. The van der Waals surface area contributed by atoms with Crippen molar-refractivity contribution in [1.29, 1.82) is 0 Å². The van der Waals surface area contributed by atoms with Crippen molar-refractivity contribution >= 4 is 23.8 Å². The van der Waals surface area contributed by atoms with E-state index in [1.165, 1.54) is 0 Å². The zero-order valence-electron chi connectivity index (χ0n) is 10.4. The first-order valence-corrected chi connectivity index (χ1v) is 7.29. The molecule has 1 aliphatic carbocycles. The number of carboxylic acids is 1. The van der Waals surface area contributed by atoms with Crippen LogP contribution in [0.2, 0.25) is 0 Å². The van der Waals surface area contributed by atoms with Gasteiger partial charge < -0.3 is 20.8 Å². The molecule has 7 heteroatoms. The van der Waals surface area contributed by atoms with Crippen LogP contribution in [0.25, 0.3) is 0 Å². The number of urea groups is 1. The number of amides is 2. The monoisotopic (exact) mass is 276 g/mol. The zero-order chi connectivity index (χ0) is 13.5. The lowest BCUT2D eigenvalue weighted by Crippen LogP contribution is -2.51. The van der Waals surface area contributed by atoms with E-state index in [0.717, 1.165) is 25.7 Å². The summed E-state index contributed by atoms with van der Waals surface area (Å²) in [5.74, 6) is -1.24. The Balaban J connectivity index is 2.30. The Hall–Kier alpha value is -0.950. The van der Waals surface area contributed by atoms with Gasteiger partial charge in [0.05, 0.1) is 6.61 Å². The maximum absolute atomic E-state index is 11.5. The lowest BCUT2D eigenvalue weighted by molar-refractivity contribution is -0.140. The van der Waals surface area contributed by atoms with E-state index in [1.807, 2.05) is 11.8 Å². The SMILES string of the molecule is CSC1CCC(NC(=O)N[C@@H](CO)C(=O)O)CC1. The highest BCUT2D eigenvalue weighted by Crippen LogP contribution is 2.26. The summed E-state index contributed by atoms with van der Waals surface area (Å²) in [5.41, 5.74) is 0. The van der Waals surface area contributed by atoms with Gasteiger partial charge in [0, 0.05) is 11.3 Å². The van der Waals surface area contributed by atoms with E-state index in [0.29, 0.717) is 5.25 Å². The number of carboxylic acid groups (broad SMARTS) is 1. The van der Waals surface area contributed by atoms with Crippen molar-refractivity contribution in [3.63, 3.8) is 0 Å². The quantitative estimate of drug-likeness (QED) is 0.583. The molecule has 1 saturated carbocycles. The minimum absolute atomic E-state index is 0.0986. The topological polar surface area (TPSA) is 98.7 Å². The number of aliphatic carboxylic acids is 1. The first kappa shape index (κ1) is 15.1. The van der Waals surface area contributed by atoms with Gasteiger partial charge in [-0.25, -0.2) is 9.59 Å². The van der Waals surface area contributed by atoms with E-state index in [9.17, 15) is 9.59 Å². The number of aliphatic hydroxyl groups excluding tert-OH is 1. The van der Waals surface area contributed by atoms with Crippen molar-refractivity contribution < 1.29 is 19.8 Å². The van der Waals surface area contributed by atoms with Crippen LogP contribution in [0.3, 0.4) is 0 Å². The molecule has 18 heavy (non-hydrogen) atoms. The second kappa shape index (κ2) is 7.48. The van der Waals surface area contributed by atoms with Crippen molar-refractivity contribution in [1.82, 2.24) is 10.6 Å². The molecule has 0 aromatic rings. The Morgan fingerprint density at radius 2 is 1.94 bits per heavy atom. The van der Waals surface area contributed by atoms with Gasteiger partial charge in [-0.1, -0.05) is 0 Å². The summed E-state index contributed by atoms with van der Waals surface area (Å²) in [4.78, 5) is 22.2. The number of nitrogens with one attached hydrogen (secondary N) is 2. The third-order valence-corrected chi connectivity index (χ3v) is 4.27. The van der Waals surface area contributed by atoms with Crippen LogP contribution in [-0.2, 0) is 4.79 Å². The van der Waals surface area contributed by atoms with E-state index >= 15 is 0 Å². The normalized spacial score (nSPS) is 25.2. The second-order valence-electron chi connectivity index (χ2n) is 4.40. The smallest absolute Gasteiger partial charge is 0.328 e. The second-order valence-corrected chi connectivity index (χ2v) is 5.54. The first-order chi connectivity index (χ1) is 8.56. The van der Waals surface area contributed by atoms with Gasteiger partial charge in [0.1, 0.15) is 0 Å². The van der Waals surface area contributed by atoms with Crippen LogP contribution >= 0.6 is 11.8 Å². The minimum atomic E-state index is -1.24. The molecule has 0 aliphatic heterocycles. The van der Waals surface area contributed by atoms with Crippen molar-refractivity contribution in [3.8, 4) is 0 Å². The fraction of sp³-hybridized carbons (Fsp3) is 0.818. The fourth-order valence-corrected chi connectivity index (χ4v) is 2.76. The predicted octanol–water partition coefficient (Wildman–Crippen LogP) is 0.405. The van der Waals surface area contributed by atoms with Crippen LogP contribution < -0.4 is 10.6 Å². The first-order valence-electron chi connectivity index (χ1n) is 6.00. The average Bonchev–Trinajstić information content (AvgIpc) is 2.36. The predicted molar refractivity (Wildman–Crippen MR) is 69.7 cm³/mol. The summed E-state index contributed by atoms with van der Waals surface area (Å²) in [6.45, 7) is -0.609. The molecule has 2 amide bonds. The van der Waals surface area contributed by atoms with Gasteiger partial charge in [0.2, 0.25) is 0 Å². The van der Waals surface area contributed by atoms with Crippen molar-refractivity contribution in [2.24, 2.45) is 0 Å². The summed E-state index contributed by atoms with van der Waals surface area (Å²) in [6.07, 6.45) is 6.04. The molecule has 0 unspecified atom stereocenters. The molecular weight excluding hydrogens is 256 g/mol. The van der Waals surface area contributed by atoms with Gasteiger partial charge in [-0.05, 0) is 31.9 Å². The van der Waals surface area contributed by atoms with E-state index in [-0.39, 0.29) is 6.04 Å². The van der Waals surface area contributed by atoms with Crippen molar-refractivity contribution in [3.05, 3.63) is 0 Å². The number of rotatable bonds is 5. The third kappa shape index (κ3) is 4.73. The summed E-state index contributed by atoms with van der Waals surface area (Å²) < 4.78 is 0. The molecule has 0 saturated heterocycles. The largest absolute Gasteiger partial charge is 0.480 e. The van der Waals surface area contributed by atoms with E-state index in [4.69, 9.17) is 10.2 Å². The van der Waals surface area contributed by atoms with Gasteiger partial charge >= 0.3 is 12.0 Å². The molecule has 1 rings (SSSR count). The number of hydrogen-bond acceptors (Lipinski definition) is 4. The fourth-order valence-electron chi connectivity index (χ4n) is 2.01. The molecule has 0 spiro atoms. The minimum Gasteiger partial charge on any atom is -0.480 e. The summed E-state index contributed by atoms with van der Waals surface area (Å²) >= 11 is 1.85. The molecule has 0 aromatic carbocycles. The summed E-state index contributed by atoms with van der Waals surface area (Å²) in [7, 11) is 0. The number of thioether (sulfide) groups is 1. The molecule has 4 N–H and O–H groups in total. The van der Waals surface area contributed by atoms with Gasteiger partial charge in [0.25, 0.3) is 0 Å². The van der Waals surface area contributed by atoms with Gasteiger partial charge in [-0.3, -0.25) is 0 Å². The summed E-state index contributed by atoms with van der Waals surface area (Å²) in [6, 6.07) is -1.67. The Morgan fingerprint density at radius 3 is 2.39 bits per heavy atom. The maximum Gasteiger partial charge on any atom is 0.328 e. The van der Waals surface area contributed by atoms with Gasteiger partial charge in [0.15, 0.2) is 6.04 Å². The molecule has 0 bridgehead atoms. The molecule has 0 heterocycles. The lowest BCUT2D eigenvalue weighted by Gasteiger charge is -2.28. The Kier molecular flexibility index (Phi) is 6.28. The lowest BCUT2D eigenvalue weighted by atomic mass is 9.95. The zero-order valence-corrected chi connectivity index (χ0v) is 11.2. The molecule has 104 valence electrons. The highest BCUT2D eigenvalue weighted by Gasteiger charge is 2.24. The molecule has 0 radical (unpaired) electrons. The highest BCUT2D eigenvalue weighted by molar-refractivity contribution is 7.99. The highest BCUT2D eigenvalue weighted by atomic mass is 32.2. The molecular formula is C11H20N2O4S. The van der Waals surface area contributed by atoms with Gasteiger partial charge in [-0.2, -0.15) is 11.8 Å². The van der Waals surface area contributed by atoms with E-state index in [2.05, 4.69) is 16.9 Å². The van der Waals surface area contributed by atoms with Crippen LogP contribution in [0.5, 0.6) is 0 Å². The Bertz CT molecular complexity index is 293. The number of carbonyl (C=O) groups is 2. The maximum atomic E-state index is 11.5. The average molecular weight is 276 g/mol.